The smallest absolute Gasteiger partial charge is 0.310 e. The molecule has 0 bridgehead atoms. The number of benzene rings is 1. The number of rotatable bonds is 5. The summed E-state index contributed by atoms with van der Waals surface area (Å²) in [5, 5.41) is 8.95. The van der Waals surface area contributed by atoms with Crippen molar-refractivity contribution in [1.29, 1.82) is 0 Å². The molecule has 0 saturated heterocycles. The van der Waals surface area contributed by atoms with Crippen molar-refractivity contribution in [3.8, 4) is 0 Å². The van der Waals surface area contributed by atoms with Crippen LogP contribution in [0.1, 0.15) is 12.8 Å². The van der Waals surface area contributed by atoms with Crippen LogP contribution in [0, 0.1) is 11.2 Å². The third kappa shape index (κ3) is 2.96. The van der Waals surface area contributed by atoms with Crippen molar-refractivity contribution >= 4 is 31.9 Å². The first kappa shape index (κ1) is 14.4. The van der Waals surface area contributed by atoms with Crippen LogP contribution in [0.25, 0.3) is 0 Å². The van der Waals surface area contributed by atoms with Gasteiger partial charge in [0, 0.05) is 6.54 Å². The van der Waals surface area contributed by atoms with Gasteiger partial charge in [0.15, 0.2) is 0 Å². The third-order valence-corrected chi connectivity index (χ3v) is 5.15. The van der Waals surface area contributed by atoms with Gasteiger partial charge in [0.1, 0.15) is 5.82 Å². The number of hydrogen-bond acceptors (Lipinski definition) is 3. The van der Waals surface area contributed by atoms with Gasteiger partial charge in [-0.1, -0.05) is 0 Å². The minimum absolute atomic E-state index is 0.163. The van der Waals surface area contributed by atoms with Crippen molar-refractivity contribution in [2.45, 2.75) is 17.7 Å². The van der Waals surface area contributed by atoms with Crippen LogP contribution >= 0.6 is 15.9 Å². The fourth-order valence-electron chi connectivity index (χ4n) is 1.58. The Morgan fingerprint density at radius 2 is 2.11 bits per heavy atom. The molecule has 5 nitrogen and oxygen atoms in total. The van der Waals surface area contributed by atoms with Gasteiger partial charge in [0.2, 0.25) is 10.0 Å². The van der Waals surface area contributed by atoms with Gasteiger partial charge < -0.3 is 5.11 Å². The molecule has 1 aliphatic carbocycles. The highest BCUT2D eigenvalue weighted by atomic mass is 79.9. The van der Waals surface area contributed by atoms with Crippen LogP contribution in [-0.2, 0) is 14.8 Å². The van der Waals surface area contributed by atoms with Gasteiger partial charge in [-0.2, -0.15) is 0 Å². The Morgan fingerprint density at radius 3 is 2.58 bits per heavy atom. The Labute approximate surface area is 118 Å². The Morgan fingerprint density at radius 1 is 1.47 bits per heavy atom. The van der Waals surface area contributed by atoms with Crippen molar-refractivity contribution in [3.05, 3.63) is 28.5 Å². The number of carboxylic acids is 1. The van der Waals surface area contributed by atoms with Gasteiger partial charge in [-0.05, 0) is 47.0 Å². The minimum Gasteiger partial charge on any atom is -0.481 e. The first-order valence-corrected chi connectivity index (χ1v) is 7.73. The summed E-state index contributed by atoms with van der Waals surface area (Å²) in [6.07, 6.45) is 0.888. The number of carbonyl (C=O) groups is 1. The summed E-state index contributed by atoms with van der Waals surface area (Å²) in [5.74, 6) is -1.71. The van der Waals surface area contributed by atoms with E-state index in [2.05, 4.69) is 20.7 Å². The number of aliphatic carboxylic acids is 1. The molecule has 0 spiro atoms. The van der Waals surface area contributed by atoms with Gasteiger partial charge in [-0.15, -0.1) is 0 Å². The number of nitrogens with one attached hydrogen (secondary N) is 1. The maximum atomic E-state index is 13.3. The third-order valence-electron chi connectivity index (χ3n) is 3.11. The zero-order chi connectivity index (χ0) is 14.3. The van der Waals surface area contributed by atoms with E-state index in [1.165, 1.54) is 12.1 Å². The van der Waals surface area contributed by atoms with Gasteiger partial charge in [0.25, 0.3) is 0 Å². The number of halogens is 2. The zero-order valence-electron chi connectivity index (χ0n) is 9.69. The maximum absolute atomic E-state index is 13.3. The molecule has 1 aromatic carbocycles. The van der Waals surface area contributed by atoms with Crippen LogP contribution in [-0.4, -0.2) is 26.0 Å². The Bertz CT molecular complexity index is 628. The van der Waals surface area contributed by atoms with Gasteiger partial charge in [-0.3, -0.25) is 4.79 Å². The van der Waals surface area contributed by atoms with Crippen LogP contribution in [0.2, 0.25) is 0 Å². The predicted molar refractivity (Wildman–Crippen MR) is 68.6 cm³/mol. The topological polar surface area (TPSA) is 83.5 Å². The first-order valence-electron chi connectivity index (χ1n) is 5.45. The summed E-state index contributed by atoms with van der Waals surface area (Å²) in [6.45, 7) is -0.178. The average molecular weight is 352 g/mol. The summed E-state index contributed by atoms with van der Waals surface area (Å²) >= 11 is 2.93. The molecule has 0 atom stereocenters. The molecule has 0 radical (unpaired) electrons. The van der Waals surface area contributed by atoms with E-state index in [0.717, 1.165) is 6.07 Å². The van der Waals surface area contributed by atoms with Crippen LogP contribution in [0.4, 0.5) is 4.39 Å². The molecule has 104 valence electrons. The Kier molecular flexibility index (Phi) is 3.67. The lowest BCUT2D eigenvalue weighted by atomic mass is 10.1. The van der Waals surface area contributed by atoms with Crippen molar-refractivity contribution in [3.63, 3.8) is 0 Å². The molecular weight excluding hydrogens is 341 g/mol. The van der Waals surface area contributed by atoms with E-state index in [1.807, 2.05) is 0 Å². The largest absolute Gasteiger partial charge is 0.481 e. The van der Waals surface area contributed by atoms with Crippen molar-refractivity contribution < 1.29 is 22.7 Å². The molecule has 1 saturated carbocycles. The molecule has 0 amide bonds. The normalized spacial score (nSPS) is 17.2. The summed E-state index contributed by atoms with van der Waals surface area (Å²) in [4.78, 5) is 10.7. The zero-order valence-corrected chi connectivity index (χ0v) is 12.1. The molecule has 0 heterocycles. The minimum atomic E-state index is -3.90. The van der Waals surface area contributed by atoms with E-state index in [4.69, 9.17) is 5.11 Å². The van der Waals surface area contributed by atoms with E-state index in [-0.39, 0.29) is 15.9 Å². The molecule has 1 aliphatic rings. The van der Waals surface area contributed by atoms with Crippen LogP contribution in [0.5, 0.6) is 0 Å². The van der Waals surface area contributed by atoms with E-state index >= 15 is 0 Å². The van der Waals surface area contributed by atoms with E-state index < -0.39 is 27.2 Å². The fourth-order valence-corrected chi connectivity index (χ4v) is 2.96. The van der Waals surface area contributed by atoms with Crippen LogP contribution in [0.15, 0.2) is 27.6 Å². The maximum Gasteiger partial charge on any atom is 0.310 e. The standard InChI is InChI=1S/C11H11BrFNO4S/c12-8-2-1-7(5-9(8)13)19(17,18)14-6-11(3-4-11)10(15)16/h1-2,5,14H,3-4,6H2,(H,15,16). The average Bonchev–Trinajstić information content (AvgIpc) is 3.11. The fraction of sp³-hybridized carbons (Fsp3) is 0.364. The van der Waals surface area contributed by atoms with E-state index in [0.29, 0.717) is 12.8 Å². The van der Waals surface area contributed by atoms with Crippen molar-refractivity contribution in [1.82, 2.24) is 4.72 Å². The van der Waals surface area contributed by atoms with Gasteiger partial charge in [0.05, 0.1) is 14.8 Å². The van der Waals surface area contributed by atoms with Gasteiger partial charge >= 0.3 is 5.97 Å². The van der Waals surface area contributed by atoms with Crippen molar-refractivity contribution in [2.24, 2.45) is 5.41 Å². The summed E-state index contributed by atoms with van der Waals surface area (Å²) in [6, 6.07) is 3.41. The molecule has 0 aromatic heterocycles. The molecule has 2 rings (SSSR count). The second-order valence-electron chi connectivity index (χ2n) is 4.49. The monoisotopic (exact) mass is 351 g/mol. The predicted octanol–water partition coefficient (Wildman–Crippen LogP) is 1.73. The molecule has 0 unspecified atom stereocenters. The highest BCUT2D eigenvalue weighted by Gasteiger charge is 2.50. The number of sulfonamides is 1. The molecule has 8 heteroatoms. The second kappa shape index (κ2) is 4.84. The molecular formula is C11H11BrFNO4S. The molecule has 0 aliphatic heterocycles. The summed E-state index contributed by atoms with van der Waals surface area (Å²) in [5.41, 5.74) is -0.999. The van der Waals surface area contributed by atoms with Crippen LogP contribution in [0.3, 0.4) is 0 Å². The van der Waals surface area contributed by atoms with Crippen LogP contribution < -0.4 is 4.72 Å². The van der Waals surface area contributed by atoms with E-state index in [9.17, 15) is 17.6 Å². The molecule has 1 aromatic rings. The Balaban J connectivity index is 2.14. The SMILES string of the molecule is O=C(O)C1(CNS(=O)(=O)c2ccc(Br)c(F)c2)CC1. The highest BCUT2D eigenvalue weighted by Crippen LogP contribution is 2.45. The lowest BCUT2D eigenvalue weighted by Gasteiger charge is -2.11. The summed E-state index contributed by atoms with van der Waals surface area (Å²) < 4.78 is 39.5. The number of carboxylic acid groups (broad SMARTS) is 1. The second-order valence-corrected chi connectivity index (χ2v) is 7.11. The lowest BCUT2D eigenvalue weighted by Crippen LogP contribution is -2.34. The molecule has 19 heavy (non-hydrogen) atoms. The Hall–Kier alpha value is -0.990. The number of hydrogen-bond donors (Lipinski definition) is 2. The van der Waals surface area contributed by atoms with E-state index in [1.54, 1.807) is 0 Å². The van der Waals surface area contributed by atoms with Crippen molar-refractivity contribution in [2.75, 3.05) is 6.54 Å². The first-order chi connectivity index (χ1) is 8.77. The summed E-state index contributed by atoms with van der Waals surface area (Å²) in [7, 11) is -3.90. The quantitative estimate of drug-likeness (QED) is 0.846. The lowest BCUT2D eigenvalue weighted by molar-refractivity contribution is -0.143. The van der Waals surface area contributed by atoms with Gasteiger partial charge in [-0.25, -0.2) is 17.5 Å². The molecule has 2 N–H and O–H groups in total. The molecule has 1 fully saturated rings. The highest BCUT2D eigenvalue weighted by molar-refractivity contribution is 9.10.